The number of aromatic nitrogens is 1. The Morgan fingerprint density at radius 3 is 2.80 bits per heavy atom. The van der Waals surface area contributed by atoms with Gasteiger partial charge in [0, 0.05) is 18.9 Å². The molecule has 0 aromatic carbocycles. The van der Waals surface area contributed by atoms with Crippen molar-refractivity contribution in [3.8, 4) is 11.8 Å². The van der Waals surface area contributed by atoms with Gasteiger partial charge in [0.2, 0.25) is 0 Å². The van der Waals surface area contributed by atoms with E-state index < -0.39 is 0 Å². The lowest BCUT2D eigenvalue weighted by Crippen LogP contribution is -2.34. The lowest BCUT2D eigenvalue weighted by Gasteiger charge is -2.27. The van der Waals surface area contributed by atoms with Gasteiger partial charge in [-0.25, -0.2) is 0 Å². The van der Waals surface area contributed by atoms with Crippen LogP contribution in [-0.4, -0.2) is 24.0 Å². The van der Waals surface area contributed by atoms with E-state index in [-0.39, 0.29) is 17.9 Å². The van der Waals surface area contributed by atoms with Crippen molar-refractivity contribution in [2.24, 2.45) is 17.1 Å². The lowest BCUT2D eigenvalue weighted by molar-refractivity contribution is 0.0936. The van der Waals surface area contributed by atoms with Crippen LogP contribution >= 0.6 is 0 Å². The standard InChI is InChI=1S/C16H23N3O/c1-12(16(2,3)4)10-19-15(20)14-7-9-18-11-13(14)6-5-8-17/h7,9,11-12H,8,10,17H2,1-4H3,(H,19,20). The van der Waals surface area contributed by atoms with Crippen molar-refractivity contribution in [1.82, 2.24) is 10.3 Å². The first-order valence-electron chi connectivity index (χ1n) is 6.77. The first-order valence-corrected chi connectivity index (χ1v) is 6.77. The van der Waals surface area contributed by atoms with Gasteiger partial charge >= 0.3 is 0 Å². The smallest absolute Gasteiger partial charge is 0.252 e. The molecule has 0 saturated heterocycles. The van der Waals surface area contributed by atoms with Crippen molar-refractivity contribution in [2.75, 3.05) is 13.1 Å². The molecule has 108 valence electrons. The van der Waals surface area contributed by atoms with E-state index in [1.807, 2.05) is 0 Å². The topological polar surface area (TPSA) is 68.0 Å². The van der Waals surface area contributed by atoms with Crippen molar-refractivity contribution < 1.29 is 4.79 Å². The second kappa shape index (κ2) is 7.06. The zero-order chi connectivity index (χ0) is 15.2. The summed E-state index contributed by atoms with van der Waals surface area (Å²) in [6.07, 6.45) is 3.18. The Kier molecular flexibility index (Phi) is 5.72. The predicted molar refractivity (Wildman–Crippen MR) is 81.1 cm³/mol. The molecule has 0 aliphatic rings. The van der Waals surface area contributed by atoms with Crippen LogP contribution in [0.2, 0.25) is 0 Å². The summed E-state index contributed by atoms with van der Waals surface area (Å²) in [7, 11) is 0. The van der Waals surface area contributed by atoms with Crippen LogP contribution in [0.25, 0.3) is 0 Å². The highest BCUT2D eigenvalue weighted by Crippen LogP contribution is 2.24. The van der Waals surface area contributed by atoms with E-state index in [2.05, 4.69) is 49.8 Å². The SMILES string of the molecule is CC(CNC(=O)c1ccncc1C#CCN)C(C)(C)C. The van der Waals surface area contributed by atoms with Gasteiger partial charge in [-0.1, -0.05) is 39.5 Å². The minimum atomic E-state index is -0.121. The van der Waals surface area contributed by atoms with Crippen LogP contribution in [0.3, 0.4) is 0 Å². The molecule has 1 rings (SSSR count). The molecule has 1 aromatic rings. The van der Waals surface area contributed by atoms with E-state index in [1.54, 1.807) is 18.5 Å². The first kappa shape index (κ1) is 16.2. The molecule has 4 nitrogen and oxygen atoms in total. The van der Waals surface area contributed by atoms with E-state index >= 15 is 0 Å². The molecule has 1 aromatic heterocycles. The van der Waals surface area contributed by atoms with Crippen LogP contribution in [-0.2, 0) is 0 Å². The summed E-state index contributed by atoms with van der Waals surface area (Å²) >= 11 is 0. The van der Waals surface area contributed by atoms with Crippen molar-refractivity contribution in [3.05, 3.63) is 29.6 Å². The van der Waals surface area contributed by atoms with Crippen molar-refractivity contribution >= 4 is 5.91 Å². The van der Waals surface area contributed by atoms with E-state index in [9.17, 15) is 4.79 Å². The molecule has 0 radical (unpaired) electrons. The van der Waals surface area contributed by atoms with Gasteiger partial charge in [-0.2, -0.15) is 0 Å². The molecule has 1 heterocycles. The van der Waals surface area contributed by atoms with Crippen molar-refractivity contribution in [1.29, 1.82) is 0 Å². The van der Waals surface area contributed by atoms with E-state index in [0.29, 0.717) is 23.6 Å². The number of carbonyl (C=O) groups is 1. The average Bonchev–Trinajstić information content (AvgIpc) is 2.41. The van der Waals surface area contributed by atoms with Crippen molar-refractivity contribution in [2.45, 2.75) is 27.7 Å². The minimum absolute atomic E-state index is 0.121. The zero-order valence-electron chi connectivity index (χ0n) is 12.7. The maximum Gasteiger partial charge on any atom is 0.252 e. The number of nitrogens with zero attached hydrogens (tertiary/aromatic N) is 1. The number of nitrogens with one attached hydrogen (secondary N) is 1. The molecule has 0 bridgehead atoms. The summed E-state index contributed by atoms with van der Waals surface area (Å²) in [6.45, 7) is 9.50. The fourth-order valence-corrected chi connectivity index (χ4v) is 1.49. The van der Waals surface area contributed by atoms with Gasteiger partial charge in [0.25, 0.3) is 5.91 Å². The second-order valence-electron chi connectivity index (χ2n) is 5.90. The Morgan fingerprint density at radius 1 is 1.50 bits per heavy atom. The molecule has 0 saturated carbocycles. The Morgan fingerprint density at radius 2 is 2.20 bits per heavy atom. The summed E-state index contributed by atoms with van der Waals surface area (Å²) in [6, 6.07) is 1.68. The number of rotatable bonds is 3. The highest BCUT2D eigenvalue weighted by Gasteiger charge is 2.21. The molecule has 3 N–H and O–H groups in total. The highest BCUT2D eigenvalue weighted by atomic mass is 16.1. The summed E-state index contributed by atoms with van der Waals surface area (Å²) < 4.78 is 0. The van der Waals surface area contributed by atoms with E-state index in [0.717, 1.165) is 0 Å². The summed E-state index contributed by atoms with van der Waals surface area (Å²) in [5.41, 5.74) is 6.67. The van der Waals surface area contributed by atoms with Gasteiger partial charge in [0.05, 0.1) is 17.7 Å². The molecule has 0 aliphatic carbocycles. The van der Waals surface area contributed by atoms with Crippen LogP contribution in [0.15, 0.2) is 18.5 Å². The second-order valence-corrected chi connectivity index (χ2v) is 5.90. The Bertz CT molecular complexity index is 521. The Balaban J connectivity index is 2.78. The van der Waals surface area contributed by atoms with Crippen LogP contribution < -0.4 is 11.1 Å². The largest absolute Gasteiger partial charge is 0.352 e. The van der Waals surface area contributed by atoms with Gasteiger partial charge in [0.1, 0.15) is 0 Å². The number of hydrogen-bond acceptors (Lipinski definition) is 3. The van der Waals surface area contributed by atoms with Gasteiger partial charge in [-0.3, -0.25) is 9.78 Å². The summed E-state index contributed by atoms with van der Waals surface area (Å²) in [5, 5.41) is 2.96. The number of carbonyl (C=O) groups excluding carboxylic acids is 1. The molecular formula is C16H23N3O. The third-order valence-electron chi connectivity index (χ3n) is 3.44. The fourth-order valence-electron chi connectivity index (χ4n) is 1.49. The maximum absolute atomic E-state index is 12.2. The number of pyridine rings is 1. The molecule has 0 fully saturated rings. The monoisotopic (exact) mass is 273 g/mol. The average molecular weight is 273 g/mol. The molecule has 20 heavy (non-hydrogen) atoms. The van der Waals surface area contributed by atoms with Crippen LogP contribution in [0.1, 0.15) is 43.6 Å². The Hall–Kier alpha value is -1.86. The van der Waals surface area contributed by atoms with Gasteiger partial charge in [-0.05, 0) is 17.4 Å². The van der Waals surface area contributed by atoms with Crippen LogP contribution in [0.4, 0.5) is 0 Å². The third kappa shape index (κ3) is 4.67. The van der Waals surface area contributed by atoms with Crippen molar-refractivity contribution in [3.63, 3.8) is 0 Å². The van der Waals surface area contributed by atoms with Gasteiger partial charge in [-0.15, -0.1) is 0 Å². The quantitative estimate of drug-likeness (QED) is 0.825. The molecule has 4 heteroatoms. The molecule has 1 unspecified atom stereocenters. The maximum atomic E-state index is 12.2. The van der Waals surface area contributed by atoms with E-state index in [4.69, 9.17) is 5.73 Å². The molecule has 0 spiro atoms. The first-order chi connectivity index (χ1) is 9.36. The number of amides is 1. The van der Waals surface area contributed by atoms with Crippen LogP contribution in [0.5, 0.6) is 0 Å². The Labute approximate surface area is 121 Å². The highest BCUT2D eigenvalue weighted by molar-refractivity contribution is 5.96. The predicted octanol–water partition coefficient (Wildman–Crippen LogP) is 1.80. The zero-order valence-corrected chi connectivity index (χ0v) is 12.7. The number of nitrogens with two attached hydrogens (primary N) is 1. The molecular weight excluding hydrogens is 250 g/mol. The lowest BCUT2D eigenvalue weighted by atomic mass is 9.82. The molecule has 0 aliphatic heterocycles. The third-order valence-corrected chi connectivity index (χ3v) is 3.44. The molecule has 1 atom stereocenters. The minimum Gasteiger partial charge on any atom is -0.352 e. The van der Waals surface area contributed by atoms with Gasteiger partial charge < -0.3 is 11.1 Å². The van der Waals surface area contributed by atoms with Crippen LogP contribution in [0, 0.1) is 23.2 Å². The fraction of sp³-hybridized carbons (Fsp3) is 0.500. The molecule has 1 amide bonds. The van der Waals surface area contributed by atoms with E-state index in [1.165, 1.54) is 0 Å². The summed E-state index contributed by atoms with van der Waals surface area (Å²) in [5.74, 6) is 5.88. The van der Waals surface area contributed by atoms with Gasteiger partial charge in [0.15, 0.2) is 0 Å². The normalized spacial score (nSPS) is 12.2. The number of hydrogen-bond donors (Lipinski definition) is 2. The summed E-state index contributed by atoms with van der Waals surface area (Å²) in [4.78, 5) is 16.2.